The van der Waals surface area contributed by atoms with Gasteiger partial charge in [0.05, 0.1) is 0 Å². The van der Waals surface area contributed by atoms with Crippen molar-refractivity contribution in [3.63, 3.8) is 0 Å². The zero-order chi connectivity index (χ0) is 9.71. The Balaban J connectivity index is -0.000000177. The molecule has 0 saturated heterocycles. The van der Waals surface area contributed by atoms with Gasteiger partial charge in [-0.1, -0.05) is 0 Å². The molecule has 8 heteroatoms. The molecule has 76 valence electrons. The zero-order valence-electron chi connectivity index (χ0n) is 5.57. The number of rotatable bonds is 0. The number of hydrogen-bond donors (Lipinski definition) is 0. The Hall–Kier alpha value is -0.196. The Morgan fingerprint density at radius 2 is 1.50 bits per heavy atom. The average Bonchev–Trinajstić information content (AvgIpc) is 1.60. The van der Waals surface area contributed by atoms with Crippen molar-refractivity contribution in [3.05, 3.63) is 19.6 Å². The van der Waals surface area contributed by atoms with Crippen LogP contribution in [-0.4, -0.2) is 18.5 Å². The minimum Gasteiger partial charge on any atom is -0.741 e. The SMILES string of the molecule is C=C[CH2-].O=S(=O)([O-])C(F)(F)F.[Ni+2]. The molecule has 0 spiro atoms. The van der Waals surface area contributed by atoms with Crippen molar-refractivity contribution in [3.8, 4) is 0 Å². The van der Waals surface area contributed by atoms with Crippen LogP contribution in [0.25, 0.3) is 0 Å². The maximum atomic E-state index is 10.7. The summed E-state index contributed by atoms with van der Waals surface area (Å²) in [5.41, 5.74) is -5.65. The summed E-state index contributed by atoms with van der Waals surface area (Å²) < 4.78 is 58.9. The zero-order valence-corrected chi connectivity index (χ0v) is 7.38. The monoisotopic (exact) mass is 248 g/mol. The number of alkyl halides is 3. The van der Waals surface area contributed by atoms with Gasteiger partial charge in [-0.15, -0.1) is 0 Å². The van der Waals surface area contributed by atoms with Crippen molar-refractivity contribution in [1.29, 1.82) is 0 Å². The van der Waals surface area contributed by atoms with Crippen LogP contribution in [-0.2, 0) is 26.6 Å². The molecule has 0 aliphatic rings. The van der Waals surface area contributed by atoms with Crippen LogP contribution in [0.3, 0.4) is 0 Å². The van der Waals surface area contributed by atoms with E-state index in [2.05, 4.69) is 13.5 Å². The summed E-state index contributed by atoms with van der Waals surface area (Å²) in [6.07, 6.45) is 1.50. The van der Waals surface area contributed by atoms with E-state index in [1.165, 1.54) is 6.08 Å². The van der Waals surface area contributed by atoms with Crippen molar-refractivity contribution in [2.45, 2.75) is 5.51 Å². The van der Waals surface area contributed by atoms with Crippen LogP contribution < -0.4 is 0 Å². The van der Waals surface area contributed by atoms with Crippen molar-refractivity contribution < 1.29 is 42.6 Å². The third kappa shape index (κ3) is 9.80. The Labute approximate surface area is 78.3 Å². The fourth-order valence-corrected chi connectivity index (χ4v) is 0. The smallest absolute Gasteiger partial charge is 0.741 e. The molecule has 0 aromatic rings. The summed E-state index contributed by atoms with van der Waals surface area (Å²) in [5.74, 6) is 0. The Bertz CT molecular complexity index is 208. The second-order valence-corrected chi connectivity index (χ2v) is 2.56. The summed E-state index contributed by atoms with van der Waals surface area (Å²) in [5, 5.41) is 0. The summed E-state index contributed by atoms with van der Waals surface area (Å²) in [6, 6.07) is 0. The molecule has 0 atom stereocenters. The van der Waals surface area contributed by atoms with E-state index in [1.807, 2.05) is 0 Å². The van der Waals surface area contributed by atoms with Crippen molar-refractivity contribution in [2.75, 3.05) is 0 Å². The van der Waals surface area contributed by atoms with Gasteiger partial charge in [-0.05, 0) is 0 Å². The van der Waals surface area contributed by atoms with E-state index in [1.54, 1.807) is 0 Å². The standard InChI is InChI=1S/C3H5.CHF3O3S.Ni/c1-3-2;2-1(3,4)8(5,6)7;/h3H,1-2H2;(H,5,6,7);/q-1;;+2/p-1. The van der Waals surface area contributed by atoms with Crippen LogP contribution in [0.2, 0.25) is 0 Å². The molecule has 3 nitrogen and oxygen atoms in total. The molecule has 0 unspecified atom stereocenters. The normalized spacial score (nSPS) is 10.3. The van der Waals surface area contributed by atoms with Gasteiger partial charge < -0.3 is 4.55 Å². The molecular weight excluding hydrogens is 244 g/mol. The van der Waals surface area contributed by atoms with E-state index >= 15 is 0 Å². The fourth-order valence-electron chi connectivity index (χ4n) is 0. The van der Waals surface area contributed by atoms with Crippen LogP contribution in [0, 0.1) is 6.92 Å². The first-order chi connectivity index (χ1) is 4.66. The predicted octanol–water partition coefficient (Wildman–Crippen LogP) is 1.06. The molecule has 0 aliphatic heterocycles. The Morgan fingerprint density at radius 3 is 1.50 bits per heavy atom. The minimum absolute atomic E-state index is 0. The van der Waals surface area contributed by atoms with Gasteiger partial charge in [-0.25, -0.2) is 28.0 Å². The van der Waals surface area contributed by atoms with Crippen LogP contribution >= 0.6 is 0 Å². The van der Waals surface area contributed by atoms with Crippen LogP contribution in [0.4, 0.5) is 13.2 Å². The molecule has 0 heterocycles. The molecule has 0 amide bonds. The molecule has 0 rings (SSSR count). The van der Waals surface area contributed by atoms with Gasteiger partial charge in [0, 0.05) is 0 Å². The molecule has 0 aromatic heterocycles. The van der Waals surface area contributed by atoms with Crippen molar-refractivity contribution in [2.24, 2.45) is 0 Å². The van der Waals surface area contributed by atoms with E-state index in [0.29, 0.717) is 0 Å². The van der Waals surface area contributed by atoms with Crippen molar-refractivity contribution in [1.82, 2.24) is 0 Å². The molecule has 0 saturated carbocycles. The fraction of sp³-hybridized carbons (Fsp3) is 0.250. The topological polar surface area (TPSA) is 57.2 Å². The van der Waals surface area contributed by atoms with Crippen LogP contribution in [0.1, 0.15) is 0 Å². The van der Waals surface area contributed by atoms with E-state index in [0.717, 1.165) is 0 Å². The second kappa shape index (κ2) is 6.33. The molecule has 12 heavy (non-hydrogen) atoms. The summed E-state index contributed by atoms with van der Waals surface area (Å²) in [7, 11) is -6.09. The van der Waals surface area contributed by atoms with Gasteiger partial charge in [-0.3, -0.25) is 0 Å². The van der Waals surface area contributed by atoms with Gasteiger partial charge >= 0.3 is 22.0 Å². The third-order valence-electron chi connectivity index (χ3n) is 0.283. The van der Waals surface area contributed by atoms with E-state index < -0.39 is 15.6 Å². The molecular formula is C4H5F3NiO3S. The van der Waals surface area contributed by atoms with E-state index in [4.69, 9.17) is 13.0 Å². The number of halogens is 3. The number of allylic oxidation sites excluding steroid dienone is 1. The molecule has 0 radical (unpaired) electrons. The van der Waals surface area contributed by atoms with E-state index in [-0.39, 0.29) is 16.5 Å². The van der Waals surface area contributed by atoms with Gasteiger partial charge in [0.25, 0.3) is 0 Å². The third-order valence-corrected chi connectivity index (χ3v) is 0.850. The van der Waals surface area contributed by atoms with Crippen LogP contribution in [0.5, 0.6) is 0 Å². The van der Waals surface area contributed by atoms with Crippen molar-refractivity contribution >= 4 is 10.1 Å². The predicted molar refractivity (Wildman–Crippen MR) is 31.3 cm³/mol. The van der Waals surface area contributed by atoms with Gasteiger partial charge in [0.2, 0.25) is 0 Å². The van der Waals surface area contributed by atoms with Crippen LogP contribution in [0.15, 0.2) is 12.7 Å². The van der Waals surface area contributed by atoms with Gasteiger partial charge in [-0.2, -0.15) is 13.2 Å². The first-order valence-electron chi connectivity index (χ1n) is 2.09. The molecule has 0 bridgehead atoms. The average molecular weight is 249 g/mol. The summed E-state index contributed by atoms with van der Waals surface area (Å²) >= 11 is 0. The first-order valence-corrected chi connectivity index (χ1v) is 3.50. The first kappa shape index (κ1) is 17.8. The number of hydrogen-bond acceptors (Lipinski definition) is 3. The largest absolute Gasteiger partial charge is 2.00 e. The summed E-state index contributed by atoms with van der Waals surface area (Å²) in [6.45, 7) is 6.50. The van der Waals surface area contributed by atoms with Gasteiger partial charge in [0.15, 0.2) is 10.1 Å². The molecule has 0 fully saturated rings. The minimum atomic E-state index is -6.09. The second-order valence-electron chi connectivity index (χ2n) is 1.19. The molecule has 0 N–H and O–H groups in total. The Morgan fingerprint density at radius 1 is 1.42 bits per heavy atom. The maximum absolute atomic E-state index is 10.7. The Kier molecular flexibility index (Phi) is 9.38. The quantitative estimate of drug-likeness (QED) is 0.279. The molecule has 0 aliphatic carbocycles. The van der Waals surface area contributed by atoms with E-state index in [9.17, 15) is 13.2 Å². The molecule has 0 aromatic carbocycles. The maximum Gasteiger partial charge on any atom is 2.00 e. The van der Waals surface area contributed by atoms with Gasteiger partial charge in [0.1, 0.15) is 0 Å². The summed E-state index contributed by atoms with van der Waals surface area (Å²) in [4.78, 5) is 0.